The van der Waals surface area contributed by atoms with Crippen molar-refractivity contribution in [1.82, 2.24) is 0 Å². The molecule has 0 aliphatic carbocycles. The maximum atomic E-state index is 8.96. The molecular weight excluding hydrogens is 556 g/mol. The number of aliphatic hydroxyl groups is 1. The Kier molecular flexibility index (Phi) is 27.3. The van der Waals surface area contributed by atoms with E-state index in [9.17, 15) is 0 Å². The second-order valence-corrected chi connectivity index (χ2v) is 14.2. The lowest BCUT2D eigenvalue weighted by molar-refractivity contribution is 0.341. The zero-order chi connectivity index (χ0) is 34.6. The summed E-state index contributed by atoms with van der Waals surface area (Å²) in [5.41, 5.74) is 13.3. The normalized spacial score (nSPS) is 14.8. The van der Waals surface area contributed by atoms with Crippen LogP contribution in [0.3, 0.4) is 0 Å². The van der Waals surface area contributed by atoms with Crippen LogP contribution in [-0.2, 0) is 0 Å². The molecule has 0 saturated carbocycles. The first kappa shape index (κ1) is 43.6. The summed E-state index contributed by atoms with van der Waals surface area (Å²) in [5.74, 6) is 0. The molecule has 0 aromatic carbocycles. The lowest BCUT2D eigenvalue weighted by Crippen LogP contribution is -1.84. The molecule has 0 radical (unpaired) electrons. The molecule has 0 aromatic heterocycles. The van der Waals surface area contributed by atoms with Crippen LogP contribution in [0.15, 0.2) is 105 Å². The average Bonchev–Trinajstić information content (AvgIpc) is 2.97. The maximum Gasteiger partial charge on any atom is 0.0614 e. The first-order valence-corrected chi connectivity index (χ1v) is 18.4. The molecule has 0 heterocycles. The minimum Gasteiger partial charge on any atom is -0.392 e. The summed E-state index contributed by atoms with van der Waals surface area (Å²) in [6, 6.07) is 0. The molecule has 0 fully saturated rings. The Morgan fingerprint density at radius 2 is 0.457 bits per heavy atom. The highest BCUT2D eigenvalue weighted by Crippen LogP contribution is 2.17. The monoisotopic (exact) mass is 631 g/mol. The van der Waals surface area contributed by atoms with Gasteiger partial charge in [-0.1, -0.05) is 105 Å². The smallest absolute Gasteiger partial charge is 0.0614 e. The third-order valence-corrected chi connectivity index (χ3v) is 8.75. The molecule has 0 atom stereocenters. The van der Waals surface area contributed by atoms with Crippen LogP contribution in [-0.4, -0.2) is 11.7 Å². The van der Waals surface area contributed by atoms with Crippen LogP contribution >= 0.6 is 0 Å². The Hall–Kier alpha value is -2.38. The van der Waals surface area contributed by atoms with Gasteiger partial charge in [0.25, 0.3) is 0 Å². The van der Waals surface area contributed by atoms with Gasteiger partial charge < -0.3 is 5.11 Å². The van der Waals surface area contributed by atoms with Gasteiger partial charge in [0.15, 0.2) is 0 Å². The standard InChI is InChI=1S/C45H74O/c1-37(2)19-11-20-38(3)21-12-22-39(4)23-13-24-40(5)25-14-26-41(6)27-15-28-42(7)29-16-30-43(8)31-17-32-44(9)33-18-34-45(10)35-36-46/h19,21,23,25,27,29,31,33,35,46H,11-18,20,22,24,26,28,30,32,34,36H2,1-10H3/b38-21+,39-23+,40-25+,41-27+,42-29+,43-31+,44-33+,45-35+. The number of rotatable bonds is 25. The topological polar surface area (TPSA) is 20.2 Å². The first-order valence-electron chi connectivity index (χ1n) is 18.4. The fraction of sp³-hybridized carbons (Fsp3) is 0.600. The van der Waals surface area contributed by atoms with Crippen molar-refractivity contribution in [2.24, 2.45) is 0 Å². The summed E-state index contributed by atoms with van der Waals surface area (Å²) < 4.78 is 0. The van der Waals surface area contributed by atoms with Crippen molar-refractivity contribution >= 4 is 0 Å². The molecule has 46 heavy (non-hydrogen) atoms. The molecule has 260 valence electrons. The van der Waals surface area contributed by atoms with E-state index in [2.05, 4.69) is 118 Å². The van der Waals surface area contributed by atoms with Gasteiger partial charge in [-0.25, -0.2) is 0 Å². The highest BCUT2D eigenvalue weighted by atomic mass is 16.2. The average molecular weight is 631 g/mol. The van der Waals surface area contributed by atoms with Crippen LogP contribution in [0.2, 0.25) is 0 Å². The predicted molar refractivity (Wildman–Crippen MR) is 210 cm³/mol. The predicted octanol–water partition coefficient (Wildman–Crippen LogP) is 14.8. The van der Waals surface area contributed by atoms with Gasteiger partial charge in [-0.05, 0) is 172 Å². The second kappa shape index (κ2) is 28.8. The number of hydrogen-bond acceptors (Lipinski definition) is 1. The van der Waals surface area contributed by atoms with Crippen LogP contribution in [0.4, 0.5) is 0 Å². The summed E-state index contributed by atoms with van der Waals surface area (Å²) in [6.45, 7) is 22.6. The van der Waals surface area contributed by atoms with Gasteiger partial charge in [-0.3, -0.25) is 0 Å². The molecular formula is C45H74O. The van der Waals surface area contributed by atoms with Crippen LogP contribution in [0.5, 0.6) is 0 Å². The van der Waals surface area contributed by atoms with E-state index in [0.717, 1.165) is 57.8 Å². The fourth-order valence-corrected chi connectivity index (χ4v) is 5.38. The van der Waals surface area contributed by atoms with Crippen LogP contribution in [0.1, 0.15) is 172 Å². The van der Waals surface area contributed by atoms with Crippen molar-refractivity contribution in [1.29, 1.82) is 0 Å². The van der Waals surface area contributed by atoms with E-state index in [-0.39, 0.29) is 6.61 Å². The van der Waals surface area contributed by atoms with Crippen LogP contribution in [0.25, 0.3) is 0 Å². The SMILES string of the molecule is CC(C)=CCC/C(C)=C/CC/C(C)=C/CC/C(C)=C/CC/C(C)=C/CC/C(C)=C/CC/C(C)=C/CC/C(C)=C/CC/C(C)=C/CO. The maximum absolute atomic E-state index is 8.96. The van der Waals surface area contributed by atoms with Gasteiger partial charge in [0.1, 0.15) is 0 Å². The molecule has 0 unspecified atom stereocenters. The summed E-state index contributed by atoms with van der Waals surface area (Å²) in [7, 11) is 0. The van der Waals surface area contributed by atoms with Crippen molar-refractivity contribution in [2.45, 2.75) is 172 Å². The minimum absolute atomic E-state index is 0.150. The molecule has 0 spiro atoms. The molecule has 0 amide bonds. The van der Waals surface area contributed by atoms with Gasteiger partial charge in [0.2, 0.25) is 0 Å². The van der Waals surface area contributed by atoms with E-state index in [0.29, 0.717) is 0 Å². The van der Waals surface area contributed by atoms with E-state index in [4.69, 9.17) is 5.11 Å². The summed E-state index contributed by atoms with van der Waals surface area (Å²) in [4.78, 5) is 0. The van der Waals surface area contributed by atoms with E-state index in [1.54, 1.807) is 0 Å². The lowest BCUT2D eigenvalue weighted by atomic mass is 10.0. The van der Waals surface area contributed by atoms with E-state index < -0.39 is 0 Å². The number of hydrogen-bond donors (Lipinski definition) is 1. The third kappa shape index (κ3) is 29.1. The molecule has 0 bridgehead atoms. The zero-order valence-corrected chi connectivity index (χ0v) is 32.2. The van der Waals surface area contributed by atoms with E-state index >= 15 is 0 Å². The zero-order valence-electron chi connectivity index (χ0n) is 32.2. The molecule has 1 N–H and O–H groups in total. The lowest BCUT2D eigenvalue weighted by Gasteiger charge is -2.04. The summed E-state index contributed by atoms with van der Waals surface area (Å²) in [6.07, 6.45) is 39.7. The first-order chi connectivity index (χ1) is 21.9. The Morgan fingerprint density at radius 1 is 0.283 bits per heavy atom. The van der Waals surface area contributed by atoms with Crippen LogP contribution < -0.4 is 0 Å². The molecule has 0 saturated heterocycles. The Bertz CT molecular complexity index is 1100. The largest absolute Gasteiger partial charge is 0.392 e. The Balaban J connectivity index is 4.21. The van der Waals surface area contributed by atoms with Crippen molar-refractivity contribution < 1.29 is 5.11 Å². The number of allylic oxidation sites excluding steroid dienone is 17. The van der Waals surface area contributed by atoms with E-state index in [1.165, 1.54) is 95.1 Å². The van der Waals surface area contributed by atoms with Crippen molar-refractivity contribution in [3.8, 4) is 0 Å². The fourth-order valence-electron chi connectivity index (χ4n) is 5.38. The minimum atomic E-state index is 0.150. The molecule has 0 aliphatic rings. The Morgan fingerprint density at radius 3 is 0.630 bits per heavy atom. The van der Waals surface area contributed by atoms with Crippen molar-refractivity contribution in [3.63, 3.8) is 0 Å². The molecule has 1 heteroatoms. The van der Waals surface area contributed by atoms with Crippen molar-refractivity contribution in [2.75, 3.05) is 6.61 Å². The molecule has 0 aliphatic heterocycles. The molecule has 0 aromatic rings. The molecule has 0 rings (SSSR count). The number of aliphatic hydroxyl groups excluding tert-OH is 1. The second-order valence-electron chi connectivity index (χ2n) is 14.2. The Labute approximate surface area is 287 Å². The van der Waals surface area contributed by atoms with Crippen LogP contribution in [0, 0.1) is 0 Å². The summed E-state index contributed by atoms with van der Waals surface area (Å²) in [5, 5.41) is 8.96. The van der Waals surface area contributed by atoms with E-state index in [1.807, 2.05) is 6.08 Å². The van der Waals surface area contributed by atoms with Gasteiger partial charge >= 0.3 is 0 Å². The third-order valence-electron chi connectivity index (χ3n) is 8.75. The quantitative estimate of drug-likeness (QED) is 0.0995. The van der Waals surface area contributed by atoms with Gasteiger partial charge in [0.05, 0.1) is 6.61 Å². The van der Waals surface area contributed by atoms with Gasteiger partial charge in [-0.2, -0.15) is 0 Å². The van der Waals surface area contributed by atoms with Gasteiger partial charge in [-0.15, -0.1) is 0 Å². The highest BCUT2D eigenvalue weighted by molar-refractivity contribution is 5.10. The summed E-state index contributed by atoms with van der Waals surface area (Å²) >= 11 is 0. The highest BCUT2D eigenvalue weighted by Gasteiger charge is 1.97. The van der Waals surface area contributed by atoms with Gasteiger partial charge in [0, 0.05) is 0 Å². The van der Waals surface area contributed by atoms with Crippen molar-refractivity contribution in [3.05, 3.63) is 105 Å². The molecule has 1 nitrogen and oxygen atoms in total.